The second kappa shape index (κ2) is 5.70. The first-order chi connectivity index (χ1) is 9.48. The van der Waals surface area contributed by atoms with E-state index >= 15 is 0 Å². The summed E-state index contributed by atoms with van der Waals surface area (Å²) < 4.78 is 0. The minimum absolute atomic E-state index is 0.203. The Bertz CT molecular complexity index is 584. The van der Waals surface area contributed by atoms with Crippen LogP contribution in [-0.2, 0) is 5.41 Å². The van der Waals surface area contributed by atoms with Gasteiger partial charge in [-0.05, 0) is 29.5 Å². The minimum atomic E-state index is -0.203. The monoisotopic (exact) mass is 268 g/mol. The van der Waals surface area contributed by atoms with Crippen molar-refractivity contribution in [3.63, 3.8) is 0 Å². The SMILES string of the molecule is CCC(C)c1ccccc1C(C)(C)c1ccccc1O. The molecule has 0 aromatic heterocycles. The second-order valence-electron chi connectivity index (χ2n) is 6.04. The van der Waals surface area contributed by atoms with E-state index in [1.54, 1.807) is 6.07 Å². The molecule has 0 saturated heterocycles. The first-order valence-corrected chi connectivity index (χ1v) is 7.36. The Balaban J connectivity index is 2.58. The second-order valence-corrected chi connectivity index (χ2v) is 6.04. The van der Waals surface area contributed by atoms with Gasteiger partial charge < -0.3 is 5.11 Å². The molecule has 0 heterocycles. The molecular formula is C19H24O. The lowest BCUT2D eigenvalue weighted by atomic mass is 9.73. The topological polar surface area (TPSA) is 20.2 Å². The third-order valence-electron chi connectivity index (χ3n) is 4.35. The number of aromatic hydroxyl groups is 1. The van der Waals surface area contributed by atoms with E-state index in [-0.39, 0.29) is 5.41 Å². The molecule has 1 heteroatoms. The van der Waals surface area contributed by atoms with E-state index in [9.17, 15) is 5.11 Å². The van der Waals surface area contributed by atoms with Gasteiger partial charge in [0.05, 0.1) is 0 Å². The van der Waals surface area contributed by atoms with E-state index < -0.39 is 0 Å². The summed E-state index contributed by atoms with van der Waals surface area (Å²) in [6, 6.07) is 16.2. The van der Waals surface area contributed by atoms with Crippen molar-refractivity contribution in [2.45, 2.75) is 45.4 Å². The summed E-state index contributed by atoms with van der Waals surface area (Å²) in [5, 5.41) is 10.2. The number of hydrogen-bond donors (Lipinski definition) is 1. The lowest BCUT2D eigenvalue weighted by molar-refractivity contribution is 0.452. The molecule has 1 unspecified atom stereocenters. The molecule has 2 rings (SSSR count). The molecule has 1 nitrogen and oxygen atoms in total. The first kappa shape index (κ1) is 14.6. The van der Waals surface area contributed by atoms with Gasteiger partial charge in [0.1, 0.15) is 5.75 Å². The summed E-state index contributed by atoms with van der Waals surface area (Å²) >= 11 is 0. The lowest BCUT2D eigenvalue weighted by Gasteiger charge is -2.30. The normalized spacial score (nSPS) is 13.2. The highest BCUT2D eigenvalue weighted by Gasteiger charge is 2.28. The highest BCUT2D eigenvalue weighted by molar-refractivity contribution is 5.48. The van der Waals surface area contributed by atoms with Crippen molar-refractivity contribution in [1.82, 2.24) is 0 Å². The van der Waals surface area contributed by atoms with Gasteiger partial charge >= 0.3 is 0 Å². The number of phenols is 1. The summed E-state index contributed by atoms with van der Waals surface area (Å²) in [5.41, 5.74) is 3.46. The summed E-state index contributed by atoms with van der Waals surface area (Å²) in [5.74, 6) is 0.896. The highest BCUT2D eigenvalue weighted by atomic mass is 16.3. The van der Waals surface area contributed by atoms with Crippen molar-refractivity contribution in [2.75, 3.05) is 0 Å². The molecular weight excluding hydrogens is 244 g/mol. The Kier molecular flexibility index (Phi) is 4.17. The maximum absolute atomic E-state index is 10.2. The zero-order valence-electron chi connectivity index (χ0n) is 12.9. The molecule has 106 valence electrons. The van der Waals surface area contributed by atoms with E-state index in [1.807, 2.05) is 18.2 Å². The number of phenolic OH excluding ortho intramolecular Hbond substituents is 1. The van der Waals surface area contributed by atoms with Crippen molar-refractivity contribution < 1.29 is 5.11 Å². The van der Waals surface area contributed by atoms with Gasteiger partial charge in [-0.1, -0.05) is 70.2 Å². The molecule has 0 aliphatic carbocycles. The van der Waals surface area contributed by atoms with Crippen LogP contribution in [0.5, 0.6) is 5.75 Å². The van der Waals surface area contributed by atoms with Gasteiger partial charge in [-0.25, -0.2) is 0 Å². The van der Waals surface area contributed by atoms with E-state index in [2.05, 4.69) is 52.0 Å². The predicted octanol–water partition coefficient (Wildman–Crippen LogP) is 5.23. The van der Waals surface area contributed by atoms with E-state index in [0.29, 0.717) is 11.7 Å². The number of hydrogen-bond acceptors (Lipinski definition) is 1. The Hall–Kier alpha value is -1.76. The number of rotatable bonds is 4. The van der Waals surface area contributed by atoms with Crippen LogP contribution in [0.2, 0.25) is 0 Å². The fourth-order valence-electron chi connectivity index (χ4n) is 2.86. The smallest absolute Gasteiger partial charge is 0.119 e. The Labute approximate surface area is 122 Å². The summed E-state index contributed by atoms with van der Waals surface area (Å²) in [6.45, 7) is 8.85. The average molecular weight is 268 g/mol. The van der Waals surface area contributed by atoms with Crippen molar-refractivity contribution in [2.24, 2.45) is 0 Å². The molecule has 0 saturated carbocycles. The molecule has 0 fully saturated rings. The van der Waals surface area contributed by atoms with Gasteiger partial charge in [-0.15, -0.1) is 0 Å². The molecule has 2 aromatic rings. The standard InChI is InChI=1S/C19H24O/c1-5-14(2)15-10-6-7-11-16(15)19(3,4)17-12-8-9-13-18(17)20/h6-14,20H,5H2,1-4H3. The quantitative estimate of drug-likeness (QED) is 0.804. The van der Waals surface area contributed by atoms with E-state index in [0.717, 1.165) is 12.0 Å². The molecule has 0 bridgehead atoms. The average Bonchev–Trinajstić information content (AvgIpc) is 2.46. The molecule has 20 heavy (non-hydrogen) atoms. The molecule has 0 aliphatic heterocycles. The van der Waals surface area contributed by atoms with Crippen LogP contribution in [0.4, 0.5) is 0 Å². The van der Waals surface area contributed by atoms with Gasteiger partial charge in [-0.2, -0.15) is 0 Å². The molecule has 2 aromatic carbocycles. The van der Waals surface area contributed by atoms with Crippen LogP contribution in [0.25, 0.3) is 0 Å². The molecule has 0 radical (unpaired) electrons. The van der Waals surface area contributed by atoms with Gasteiger partial charge in [0.2, 0.25) is 0 Å². The third kappa shape index (κ3) is 2.58. The van der Waals surface area contributed by atoms with Crippen LogP contribution in [0.1, 0.15) is 56.7 Å². The van der Waals surface area contributed by atoms with Crippen molar-refractivity contribution >= 4 is 0 Å². The summed E-state index contributed by atoms with van der Waals surface area (Å²) in [6.07, 6.45) is 1.12. The molecule has 0 spiro atoms. The van der Waals surface area contributed by atoms with E-state index in [1.165, 1.54) is 11.1 Å². The maximum atomic E-state index is 10.2. The van der Waals surface area contributed by atoms with Gasteiger partial charge in [-0.3, -0.25) is 0 Å². The van der Waals surface area contributed by atoms with Crippen molar-refractivity contribution in [3.05, 3.63) is 65.2 Å². The van der Waals surface area contributed by atoms with Gasteiger partial charge in [0.25, 0.3) is 0 Å². The fourth-order valence-corrected chi connectivity index (χ4v) is 2.86. The Morgan fingerprint density at radius 3 is 2.10 bits per heavy atom. The van der Waals surface area contributed by atoms with Crippen LogP contribution < -0.4 is 0 Å². The van der Waals surface area contributed by atoms with Crippen LogP contribution >= 0.6 is 0 Å². The van der Waals surface area contributed by atoms with Crippen LogP contribution in [0.3, 0.4) is 0 Å². The Morgan fingerprint density at radius 2 is 1.50 bits per heavy atom. The molecule has 0 aliphatic rings. The van der Waals surface area contributed by atoms with Crippen LogP contribution in [-0.4, -0.2) is 5.11 Å². The van der Waals surface area contributed by atoms with Crippen LogP contribution in [0, 0.1) is 0 Å². The number of benzene rings is 2. The summed E-state index contributed by atoms with van der Waals surface area (Å²) in [7, 11) is 0. The predicted molar refractivity (Wildman–Crippen MR) is 85.4 cm³/mol. The highest BCUT2D eigenvalue weighted by Crippen LogP contribution is 2.40. The van der Waals surface area contributed by atoms with Crippen molar-refractivity contribution in [1.29, 1.82) is 0 Å². The fraction of sp³-hybridized carbons (Fsp3) is 0.368. The number of para-hydroxylation sites is 1. The first-order valence-electron chi connectivity index (χ1n) is 7.36. The zero-order chi connectivity index (χ0) is 14.8. The largest absolute Gasteiger partial charge is 0.508 e. The minimum Gasteiger partial charge on any atom is -0.508 e. The molecule has 1 atom stereocenters. The maximum Gasteiger partial charge on any atom is 0.119 e. The Morgan fingerprint density at radius 1 is 0.950 bits per heavy atom. The summed E-state index contributed by atoms with van der Waals surface area (Å²) in [4.78, 5) is 0. The molecule has 0 amide bonds. The van der Waals surface area contributed by atoms with Crippen molar-refractivity contribution in [3.8, 4) is 5.75 Å². The van der Waals surface area contributed by atoms with Gasteiger partial charge in [0.15, 0.2) is 0 Å². The van der Waals surface area contributed by atoms with Crippen LogP contribution in [0.15, 0.2) is 48.5 Å². The lowest BCUT2D eigenvalue weighted by Crippen LogP contribution is -2.21. The van der Waals surface area contributed by atoms with Gasteiger partial charge in [0, 0.05) is 11.0 Å². The third-order valence-corrected chi connectivity index (χ3v) is 4.35. The molecule has 1 N–H and O–H groups in total. The van der Waals surface area contributed by atoms with E-state index in [4.69, 9.17) is 0 Å². The zero-order valence-corrected chi connectivity index (χ0v) is 12.9.